The summed E-state index contributed by atoms with van der Waals surface area (Å²) < 4.78 is 27.2. The van der Waals surface area contributed by atoms with Crippen molar-refractivity contribution in [2.75, 3.05) is 26.7 Å². The molecule has 4 nitrogen and oxygen atoms in total. The van der Waals surface area contributed by atoms with Crippen LogP contribution in [0.1, 0.15) is 6.42 Å². The second-order valence-electron chi connectivity index (χ2n) is 4.53. The van der Waals surface area contributed by atoms with E-state index < -0.39 is 10.0 Å². The van der Waals surface area contributed by atoms with Crippen LogP contribution in [0.2, 0.25) is 0 Å². The Labute approximate surface area is 117 Å². The van der Waals surface area contributed by atoms with Gasteiger partial charge in [0.15, 0.2) is 0 Å². The van der Waals surface area contributed by atoms with Crippen LogP contribution >= 0.6 is 15.9 Å². The van der Waals surface area contributed by atoms with E-state index in [1.54, 1.807) is 22.5 Å². The van der Waals surface area contributed by atoms with Crippen molar-refractivity contribution in [3.8, 4) is 0 Å². The van der Waals surface area contributed by atoms with Crippen LogP contribution < -0.4 is 5.32 Å². The summed E-state index contributed by atoms with van der Waals surface area (Å²) in [7, 11) is -1.44. The van der Waals surface area contributed by atoms with Gasteiger partial charge in [0.25, 0.3) is 0 Å². The highest BCUT2D eigenvalue weighted by molar-refractivity contribution is 9.10. The molecule has 1 saturated heterocycles. The summed E-state index contributed by atoms with van der Waals surface area (Å²) in [4.78, 5) is 0.363. The van der Waals surface area contributed by atoms with Crippen LogP contribution in [-0.4, -0.2) is 39.4 Å². The Morgan fingerprint density at radius 1 is 1.50 bits per heavy atom. The SMILES string of the molecule is CNCC1CCN(S(=O)(=O)c2cccc(Br)c2)C1. The van der Waals surface area contributed by atoms with Crippen LogP contribution in [0.25, 0.3) is 0 Å². The van der Waals surface area contributed by atoms with Crippen molar-refractivity contribution in [1.82, 2.24) is 9.62 Å². The molecule has 18 heavy (non-hydrogen) atoms. The molecule has 0 saturated carbocycles. The number of nitrogens with zero attached hydrogens (tertiary/aromatic N) is 1. The van der Waals surface area contributed by atoms with E-state index in [1.165, 1.54) is 0 Å². The minimum Gasteiger partial charge on any atom is -0.319 e. The van der Waals surface area contributed by atoms with Gasteiger partial charge in [0.2, 0.25) is 10.0 Å². The van der Waals surface area contributed by atoms with Gasteiger partial charge in [-0.15, -0.1) is 0 Å². The lowest BCUT2D eigenvalue weighted by molar-refractivity contribution is 0.451. The lowest BCUT2D eigenvalue weighted by Gasteiger charge is -2.16. The zero-order chi connectivity index (χ0) is 13.2. The van der Waals surface area contributed by atoms with Gasteiger partial charge in [-0.25, -0.2) is 8.42 Å². The van der Waals surface area contributed by atoms with Crippen LogP contribution in [0.5, 0.6) is 0 Å². The molecule has 1 aliphatic heterocycles. The molecular weight excluding hydrogens is 316 g/mol. The minimum absolute atomic E-state index is 0.363. The summed E-state index contributed by atoms with van der Waals surface area (Å²) in [6, 6.07) is 6.87. The number of sulfonamides is 1. The fourth-order valence-electron chi connectivity index (χ4n) is 2.25. The van der Waals surface area contributed by atoms with Gasteiger partial charge in [0, 0.05) is 17.6 Å². The zero-order valence-electron chi connectivity index (χ0n) is 10.3. The monoisotopic (exact) mass is 332 g/mol. The second kappa shape index (κ2) is 5.69. The van der Waals surface area contributed by atoms with Crippen molar-refractivity contribution in [3.05, 3.63) is 28.7 Å². The quantitative estimate of drug-likeness (QED) is 0.912. The molecule has 2 rings (SSSR count). The van der Waals surface area contributed by atoms with E-state index in [0.717, 1.165) is 17.4 Å². The van der Waals surface area contributed by atoms with E-state index in [4.69, 9.17) is 0 Å². The molecule has 100 valence electrons. The lowest BCUT2D eigenvalue weighted by Crippen LogP contribution is -2.30. The van der Waals surface area contributed by atoms with Gasteiger partial charge in [0.1, 0.15) is 0 Å². The molecule has 1 heterocycles. The number of hydrogen-bond acceptors (Lipinski definition) is 3. The maximum absolute atomic E-state index is 12.4. The smallest absolute Gasteiger partial charge is 0.243 e. The highest BCUT2D eigenvalue weighted by atomic mass is 79.9. The molecule has 1 atom stereocenters. The van der Waals surface area contributed by atoms with Crippen LogP contribution in [-0.2, 0) is 10.0 Å². The first kappa shape index (κ1) is 14.0. The van der Waals surface area contributed by atoms with Crippen molar-refractivity contribution >= 4 is 26.0 Å². The Balaban J connectivity index is 2.18. The lowest BCUT2D eigenvalue weighted by atomic mass is 10.1. The first-order valence-corrected chi connectivity index (χ1v) is 8.17. The Bertz CT molecular complexity index is 519. The standard InChI is InChI=1S/C12H17BrN2O2S/c1-14-8-10-5-6-15(9-10)18(16,17)12-4-2-3-11(13)7-12/h2-4,7,10,14H,5-6,8-9H2,1H3. The summed E-state index contributed by atoms with van der Waals surface area (Å²) in [6.45, 7) is 2.08. The van der Waals surface area contributed by atoms with Gasteiger partial charge in [0.05, 0.1) is 4.90 Å². The molecule has 0 aliphatic carbocycles. The largest absolute Gasteiger partial charge is 0.319 e. The first-order chi connectivity index (χ1) is 8.54. The van der Waals surface area contributed by atoms with Crippen LogP contribution in [0, 0.1) is 5.92 Å². The maximum Gasteiger partial charge on any atom is 0.243 e. The molecule has 1 aromatic carbocycles. The molecule has 1 aromatic rings. The summed E-state index contributed by atoms with van der Waals surface area (Å²) in [5.74, 6) is 0.414. The fourth-order valence-corrected chi connectivity index (χ4v) is 4.38. The predicted molar refractivity (Wildman–Crippen MR) is 74.9 cm³/mol. The summed E-state index contributed by atoms with van der Waals surface area (Å²) in [5.41, 5.74) is 0. The number of hydrogen-bond donors (Lipinski definition) is 1. The molecule has 1 N–H and O–H groups in total. The van der Waals surface area contributed by atoms with E-state index in [2.05, 4.69) is 21.2 Å². The summed E-state index contributed by atoms with van der Waals surface area (Å²) in [6.07, 6.45) is 0.925. The Morgan fingerprint density at radius 2 is 2.28 bits per heavy atom. The van der Waals surface area contributed by atoms with Crippen LogP contribution in [0.4, 0.5) is 0 Å². The molecule has 0 amide bonds. The average Bonchev–Trinajstić information content (AvgIpc) is 2.79. The van der Waals surface area contributed by atoms with E-state index in [-0.39, 0.29) is 0 Å². The summed E-state index contributed by atoms with van der Waals surface area (Å²) >= 11 is 3.31. The zero-order valence-corrected chi connectivity index (χ0v) is 12.7. The fraction of sp³-hybridized carbons (Fsp3) is 0.500. The minimum atomic E-state index is -3.34. The molecule has 0 radical (unpaired) electrons. The van der Waals surface area contributed by atoms with Crippen LogP contribution in [0.3, 0.4) is 0 Å². The number of halogens is 1. The van der Waals surface area contributed by atoms with E-state index >= 15 is 0 Å². The average molecular weight is 333 g/mol. The van der Waals surface area contributed by atoms with Crippen molar-refractivity contribution < 1.29 is 8.42 Å². The predicted octanol–water partition coefficient (Wildman–Crippen LogP) is 1.68. The Kier molecular flexibility index (Phi) is 4.42. The topological polar surface area (TPSA) is 49.4 Å². The van der Waals surface area contributed by atoms with Gasteiger partial charge in [-0.05, 0) is 44.1 Å². The van der Waals surface area contributed by atoms with E-state index in [0.29, 0.717) is 23.9 Å². The Morgan fingerprint density at radius 3 is 2.94 bits per heavy atom. The second-order valence-corrected chi connectivity index (χ2v) is 7.39. The van der Waals surface area contributed by atoms with Gasteiger partial charge >= 0.3 is 0 Å². The highest BCUT2D eigenvalue weighted by Gasteiger charge is 2.32. The molecule has 1 aliphatic rings. The third-order valence-corrected chi connectivity index (χ3v) is 5.53. The van der Waals surface area contributed by atoms with Crippen molar-refractivity contribution in [1.29, 1.82) is 0 Å². The normalized spacial score (nSPS) is 21.3. The number of benzene rings is 1. The molecule has 0 bridgehead atoms. The van der Waals surface area contributed by atoms with Crippen molar-refractivity contribution in [2.24, 2.45) is 5.92 Å². The van der Waals surface area contributed by atoms with Crippen molar-refractivity contribution in [2.45, 2.75) is 11.3 Å². The Hall–Kier alpha value is -0.430. The van der Waals surface area contributed by atoms with E-state index in [9.17, 15) is 8.42 Å². The van der Waals surface area contributed by atoms with Crippen molar-refractivity contribution in [3.63, 3.8) is 0 Å². The van der Waals surface area contributed by atoms with Gasteiger partial charge in [-0.2, -0.15) is 4.31 Å². The number of nitrogens with one attached hydrogen (secondary N) is 1. The molecule has 1 unspecified atom stereocenters. The molecular formula is C12H17BrN2O2S. The first-order valence-electron chi connectivity index (χ1n) is 5.94. The molecule has 6 heteroatoms. The molecule has 1 fully saturated rings. The van der Waals surface area contributed by atoms with Crippen LogP contribution in [0.15, 0.2) is 33.6 Å². The van der Waals surface area contributed by atoms with Gasteiger partial charge in [-0.3, -0.25) is 0 Å². The highest BCUT2D eigenvalue weighted by Crippen LogP contribution is 2.25. The maximum atomic E-state index is 12.4. The van der Waals surface area contributed by atoms with Gasteiger partial charge in [-0.1, -0.05) is 22.0 Å². The molecule has 0 aromatic heterocycles. The van der Waals surface area contributed by atoms with E-state index in [1.807, 2.05) is 13.1 Å². The third kappa shape index (κ3) is 2.93. The third-order valence-electron chi connectivity index (χ3n) is 3.18. The summed E-state index contributed by atoms with van der Waals surface area (Å²) in [5, 5.41) is 3.10. The number of rotatable bonds is 4. The van der Waals surface area contributed by atoms with Gasteiger partial charge < -0.3 is 5.32 Å². The molecule has 0 spiro atoms.